The number of nitrogens with zero attached hydrogens (tertiary/aromatic N) is 1. The molecule has 1 aliphatic rings. The summed E-state index contributed by atoms with van der Waals surface area (Å²) in [4.78, 5) is 16.6. The summed E-state index contributed by atoms with van der Waals surface area (Å²) in [5.41, 5.74) is 0.421. The van der Waals surface area contributed by atoms with Crippen molar-refractivity contribution < 1.29 is 14.6 Å². The van der Waals surface area contributed by atoms with Crippen molar-refractivity contribution in [3.63, 3.8) is 0 Å². The average molecular weight is 421 g/mol. The predicted octanol–water partition coefficient (Wildman–Crippen LogP) is 4.70. The molecule has 0 spiro atoms. The van der Waals surface area contributed by atoms with Crippen LogP contribution in [0.2, 0.25) is 5.02 Å². The number of amides is 1. The third-order valence-corrected chi connectivity index (χ3v) is 5.33. The van der Waals surface area contributed by atoms with E-state index in [0.717, 1.165) is 29.3 Å². The van der Waals surface area contributed by atoms with E-state index in [0.29, 0.717) is 23.6 Å². The minimum absolute atomic E-state index is 0.216. The van der Waals surface area contributed by atoms with Gasteiger partial charge in [-0.1, -0.05) is 35.6 Å². The standard InChI is InChI=1S/C24H21ClN2O3/c25-19-6-1-4-17(14-19)10-12-24(29)11-2-7-20(16-24)27-23(28)30-21-8-9-22-18(15-21)5-3-13-26-22/h1,3-6,8-9,13-15,20,29H,2,7,11,16H2,(H,27,28)/t20-,24+/m0/s1. The normalized spacial score (nSPS) is 20.8. The first-order valence-corrected chi connectivity index (χ1v) is 10.2. The zero-order valence-electron chi connectivity index (χ0n) is 16.3. The highest BCUT2D eigenvalue weighted by Crippen LogP contribution is 2.28. The number of ether oxygens (including phenoxy) is 1. The lowest BCUT2D eigenvalue weighted by Gasteiger charge is -2.33. The quantitative estimate of drug-likeness (QED) is 0.589. The molecular weight excluding hydrogens is 400 g/mol. The Bertz CT molecular complexity index is 1140. The SMILES string of the molecule is O=C(N[C@H]1CCC[C@@](O)(C#Cc2cccc(Cl)c2)C1)Oc1ccc2ncccc2c1. The summed E-state index contributed by atoms with van der Waals surface area (Å²) in [6, 6.07) is 16.0. The summed E-state index contributed by atoms with van der Waals surface area (Å²) in [5.74, 6) is 6.40. The second-order valence-corrected chi connectivity index (χ2v) is 7.91. The van der Waals surface area contributed by atoms with E-state index in [-0.39, 0.29) is 6.04 Å². The molecule has 1 heterocycles. The second kappa shape index (κ2) is 8.74. The Labute approximate surface area is 180 Å². The van der Waals surface area contributed by atoms with E-state index in [4.69, 9.17) is 16.3 Å². The number of hydrogen-bond acceptors (Lipinski definition) is 4. The number of carbonyl (C=O) groups excluding carboxylic acids is 1. The Morgan fingerprint density at radius 2 is 2.13 bits per heavy atom. The van der Waals surface area contributed by atoms with Gasteiger partial charge in [0.05, 0.1) is 5.52 Å². The van der Waals surface area contributed by atoms with Gasteiger partial charge >= 0.3 is 6.09 Å². The van der Waals surface area contributed by atoms with Gasteiger partial charge < -0.3 is 15.2 Å². The van der Waals surface area contributed by atoms with Gasteiger partial charge in [0.1, 0.15) is 11.4 Å². The van der Waals surface area contributed by atoms with E-state index in [1.807, 2.05) is 30.3 Å². The van der Waals surface area contributed by atoms with E-state index >= 15 is 0 Å². The van der Waals surface area contributed by atoms with Gasteiger partial charge in [-0.2, -0.15) is 0 Å². The lowest BCUT2D eigenvalue weighted by molar-refractivity contribution is 0.0473. The van der Waals surface area contributed by atoms with Crippen molar-refractivity contribution in [2.45, 2.75) is 37.3 Å². The van der Waals surface area contributed by atoms with Gasteiger partial charge in [-0.25, -0.2) is 4.79 Å². The first kappa shape index (κ1) is 20.2. The van der Waals surface area contributed by atoms with Gasteiger partial charge in [0.2, 0.25) is 0 Å². The van der Waals surface area contributed by atoms with Gasteiger partial charge in [0.25, 0.3) is 0 Å². The van der Waals surface area contributed by atoms with E-state index < -0.39 is 11.7 Å². The fraction of sp³-hybridized carbons (Fsp3) is 0.250. The highest BCUT2D eigenvalue weighted by Gasteiger charge is 2.33. The van der Waals surface area contributed by atoms with Gasteiger partial charge in [-0.3, -0.25) is 4.98 Å². The molecule has 1 fully saturated rings. The zero-order chi connectivity index (χ0) is 21.0. The van der Waals surface area contributed by atoms with Gasteiger partial charge in [-0.15, -0.1) is 0 Å². The summed E-state index contributed by atoms with van der Waals surface area (Å²) in [6.07, 6.45) is 3.60. The molecule has 0 saturated heterocycles. The largest absolute Gasteiger partial charge is 0.412 e. The maximum absolute atomic E-state index is 12.4. The predicted molar refractivity (Wildman–Crippen MR) is 116 cm³/mol. The molecule has 5 nitrogen and oxygen atoms in total. The Morgan fingerprint density at radius 1 is 1.23 bits per heavy atom. The van der Waals surface area contributed by atoms with Crippen LogP contribution in [0.3, 0.4) is 0 Å². The minimum atomic E-state index is -1.16. The van der Waals surface area contributed by atoms with Crippen LogP contribution < -0.4 is 10.1 Å². The van der Waals surface area contributed by atoms with Crippen molar-refractivity contribution in [2.75, 3.05) is 0 Å². The molecule has 4 rings (SSSR count). The third-order valence-electron chi connectivity index (χ3n) is 5.10. The lowest BCUT2D eigenvalue weighted by atomic mass is 9.82. The molecule has 2 aromatic carbocycles. The van der Waals surface area contributed by atoms with Gasteiger partial charge in [-0.05, 0) is 61.7 Å². The van der Waals surface area contributed by atoms with Crippen LogP contribution in [-0.2, 0) is 0 Å². The van der Waals surface area contributed by atoms with E-state index in [9.17, 15) is 9.90 Å². The van der Waals surface area contributed by atoms with Crippen molar-refractivity contribution >= 4 is 28.6 Å². The van der Waals surface area contributed by atoms with Crippen molar-refractivity contribution in [2.24, 2.45) is 0 Å². The molecule has 30 heavy (non-hydrogen) atoms. The third kappa shape index (κ3) is 5.10. The Kier molecular flexibility index (Phi) is 5.89. The molecular formula is C24H21ClN2O3. The highest BCUT2D eigenvalue weighted by molar-refractivity contribution is 6.30. The van der Waals surface area contributed by atoms with Crippen LogP contribution in [0.15, 0.2) is 60.8 Å². The van der Waals surface area contributed by atoms with Crippen LogP contribution in [0.5, 0.6) is 5.75 Å². The monoisotopic (exact) mass is 420 g/mol. The molecule has 0 radical (unpaired) electrons. The molecule has 6 heteroatoms. The van der Waals surface area contributed by atoms with Crippen LogP contribution in [0, 0.1) is 11.8 Å². The number of pyridine rings is 1. The molecule has 152 valence electrons. The zero-order valence-corrected chi connectivity index (χ0v) is 17.0. The topological polar surface area (TPSA) is 71.5 Å². The summed E-state index contributed by atoms with van der Waals surface area (Å²) in [5, 5.41) is 15.2. The number of benzene rings is 2. The fourth-order valence-corrected chi connectivity index (χ4v) is 3.85. The smallest absolute Gasteiger partial charge is 0.410 e. The number of carbonyl (C=O) groups is 1. The second-order valence-electron chi connectivity index (χ2n) is 7.48. The Morgan fingerprint density at radius 3 is 3.00 bits per heavy atom. The molecule has 2 atom stereocenters. The summed E-state index contributed by atoms with van der Waals surface area (Å²) >= 11 is 5.99. The highest BCUT2D eigenvalue weighted by atomic mass is 35.5. The number of aliphatic hydroxyl groups is 1. The maximum atomic E-state index is 12.4. The van der Waals surface area contributed by atoms with Crippen LogP contribution in [0.1, 0.15) is 31.2 Å². The van der Waals surface area contributed by atoms with E-state index in [2.05, 4.69) is 22.1 Å². The molecule has 2 N–H and O–H groups in total. The summed E-state index contributed by atoms with van der Waals surface area (Å²) < 4.78 is 5.43. The van der Waals surface area contributed by atoms with Crippen LogP contribution in [-0.4, -0.2) is 27.8 Å². The number of rotatable bonds is 2. The Hall–Kier alpha value is -3.07. The first-order chi connectivity index (χ1) is 14.5. The first-order valence-electron chi connectivity index (χ1n) is 9.83. The maximum Gasteiger partial charge on any atom is 0.412 e. The van der Waals surface area contributed by atoms with Crippen molar-refractivity contribution in [3.05, 3.63) is 71.4 Å². The number of hydrogen-bond donors (Lipinski definition) is 2. The molecule has 0 aliphatic heterocycles. The van der Waals surface area contributed by atoms with Crippen LogP contribution in [0.25, 0.3) is 10.9 Å². The molecule has 0 bridgehead atoms. The molecule has 1 saturated carbocycles. The van der Waals surface area contributed by atoms with E-state index in [1.165, 1.54) is 0 Å². The number of halogens is 1. The minimum Gasteiger partial charge on any atom is -0.410 e. The number of aromatic nitrogens is 1. The van der Waals surface area contributed by atoms with Crippen LogP contribution >= 0.6 is 11.6 Å². The summed E-state index contributed by atoms with van der Waals surface area (Å²) in [6.45, 7) is 0. The van der Waals surface area contributed by atoms with Crippen molar-refractivity contribution in [3.8, 4) is 17.6 Å². The van der Waals surface area contributed by atoms with Crippen LogP contribution in [0.4, 0.5) is 4.79 Å². The average Bonchev–Trinajstić information content (AvgIpc) is 2.72. The molecule has 0 unspecified atom stereocenters. The molecule has 1 aliphatic carbocycles. The van der Waals surface area contributed by atoms with Gasteiger partial charge in [0, 0.05) is 34.6 Å². The number of nitrogens with one attached hydrogen (secondary N) is 1. The molecule has 1 aromatic heterocycles. The fourth-order valence-electron chi connectivity index (χ4n) is 3.66. The number of fused-ring (bicyclic) bond motifs is 1. The van der Waals surface area contributed by atoms with Crippen molar-refractivity contribution in [1.29, 1.82) is 0 Å². The lowest BCUT2D eigenvalue weighted by Crippen LogP contribution is -2.46. The summed E-state index contributed by atoms with van der Waals surface area (Å²) in [7, 11) is 0. The van der Waals surface area contributed by atoms with E-state index in [1.54, 1.807) is 30.5 Å². The molecule has 1 amide bonds. The molecule has 3 aromatic rings. The van der Waals surface area contributed by atoms with Gasteiger partial charge in [0.15, 0.2) is 0 Å². The van der Waals surface area contributed by atoms with Crippen molar-refractivity contribution in [1.82, 2.24) is 10.3 Å². The Balaban J connectivity index is 1.38.